The van der Waals surface area contributed by atoms with Gasteiger partial charge in [-0.3, -0.25) is 4.79 Å². The monoisotopic (exact) mass is 624 g/mol. The number of amides is 1. The molecule has 0 aromatic carbocycles. The van der Waals surface area contributed by atoms with E-state index in [-0.39, 0.29) is 0 Å². The lowest BCUT2D eigenvalue weighted by molar-refractivity contribution is -0.132. The van der Waals surface area contributed by atoms with Gasteiger partial charge in [-0.2, -0.15) is 0 Å². The molecule has 0 heterocycles. The zero-order chi connectivity index (χ0) is 32.5. The molecule has 0 fully saturated rings. The molecule has 4 unspecified atom stereocenters. The molecule has 0 radical (unpaired) electrons. The minimum Gasteiger partial charge on any atom is -0.394 e. The van der Waals surface area contributed by atoms with Gasteiger partial charge >= 0.3 is 0 Å². The first-order valence-corrected chi connectivity index (χ1v) is 18.7. The molecule has 0 aromatic heterocycles. The predicted octanol–water partition coefficient (Wildman–Crippen LogP) is 8.84. The van der Waals surface area contributed by atoms with Crippen LogP contribution in [0.25, 0.3) is 0 Å². The van der Waals surface area contributed by atoms with Crippen molar-refractivity contribution in [3.63, 3.8) is 0 Å². The number of rotatable bonds is 33. The molecule has 0 rings (SSSR count). The lowest BCUT2D eigenvalue weighted by atomic mass is 10.00. The Balaban J connectivity index is 3.88. The lowest BCUT2D eigenvalue weighted by Gasteiger charge is -2.27. The summed E-state index contributed by atoms with van der Waals surface area (Å²) in [5.41, 5.74) is 0. The van der Waals surface area contributed by atoms with Crippen molar-refractivity contribution in [3.05, 3.63) is 24.3 Å². The third-order valence-electron chi connectivity index (χ3n) is 8.64. The summed E-state index contributed by atoms with van der Waals surface area (Å²) in [5.74, 6) is -0.600. The van der Waals surface area contributed by atoms with E-state index in [1.54, 1.807) is 0 Å². The Bertz CT molecular complexity index is 668. The minimum atomic E-state index is -1.28. The molecule has 6 heteroatoms. The molecule has 0 aliphatic rings. The number of carbonyl (C=O) groups is 1. The van der Waals surface area contributed by atoms with Crippen molar-refractivity contribution in [2.45, 2.75) is 205 Å². The number of hydrogen-bond donors (Lipinski definition) is 5. The zero-order valence-corrected chi connectivity index (χ0v) is 28.9. The average molecular weight is 624 g/mol. The van der Waals surface area contributed by atoms with Crippen LogP contribution in [0, 0.1) is 0 Å². The predicted molar refractivity (Wildman–Crippen MR) is 187 cm³/mol. The van der Waals surface area contributed by atoms with E-state index in [1.165, 1.54) is 109 Å². The maximum absolute atomic E-state index is 12.4. The van der Waals surface area contributed by atoms with Gasteiger partial charge in [-0.1, -0.05) is 154 Å². The van der Waals surface area contributed by atoms with Gasteiger partial charge in [-0.15, -0.1) is 0 Å². The summed E-state index contributed by atoms with van der Waals surface area (Å²) in [6.07, 6.45) is 34.9. The molecule has 0 aromatic rings. The summed E-state index contributed by atoms with van der Waals surface area (Å²) >= 11 is 0. The summed E-state index contributed by atoms with van der Waals surface area (Å²) in [5, 5.41) is 43.3. The number of unbranched alkanes of at least 4 members (excludes halogenated alkanes) is 20. The molecular formula is C38H73NO5. The van der Waals surface area contributed by atoms with Crippen LogP contribution in [0.5, 0.6) is 0 Å². The number of hydrogen-bond acceptors (Lipinski definition) is 5. The van der Waals surface area contributed by atoms with Gasteiger partial charge < -0.3 is 25.7 Å². The molecule has 4 atom stereocenters. The van der Waals surface area contributed by atoms with Crippen molar-refractivity contribution in [2.24, 2.45) is 0 Å². The van der Waals surface area contributed by atoms with Crippen LogP contribution in [0.1, 0.15) is 181 Å². The Morgan fingerprint density at radius 3 is 1.43 bits per heavy atom. The zero-order valence-electron chi connectivity index (χ0n) is 28.9. The maximum Gasteiger partial charge on any atom is 0.249 e. The molecule has 0 saturated heterocycles. The number of nitrogens with one attached hydrogen (secondary N) is 1. The molecule has 5 N–H and O–H groups in total. The summed E-state index contributed by atoms with van der Waals surface area (Å²) in [7, 11) is 0. The highest BCUT2D eigenvalue weighted by Crippen LogP contribution is 2.14. The average Bonchev–Trinajstić information content (AvgIpc) is 3.03. The largest absolute Gasteiger partial charge is 0.394 e. The maximum atomic E-state index is 12.4. The van der Waals surface area contributed by atoms with E-state index in [0.29, 0.717) is 19.3 Å². The van der Waals surface area contributed by atoms with Gasteiger partial charge in [0.05, 0.1) is 18.8 Å². The minimum absolute atomic E-state index is 0.362. The van der Waals surface area contributed by atoms with Crippen molar-refractivity contribution in [1.82, 2.24) is 5.32 Å². The van der Waals surface area contributed by atoms with E-state index in [9.17, 15) is 25.2 Å². The Morgan fingerprint density at radius 1 is 0.545 bits per heavy atom. The fourth-order valence-corrected chi connectivity index (χ4v) is 5.59. The fraction of sp³-hybridized carbons (Fsp3) is 0.868. The van der Waals surface area contributed by atoms with Gasteiger partial charge in [0.1, 0.15) is 12.2 Å². The second-order valence-corrected chi connectivity index (χ2v) is 12.9. The van der Waals surface area contributed by atoms with Crippen LogP contribution in [-0.4, -0.2) is 57.3 Å². The van der Waals surface area contributed by atoms with Crippen LogP contribution >= 0.6 is 0 Å². The topological polar surface area (TPSA) is 110 Å². The number of carbonyl (C=O) groups excluding carboxylic acids is 1. The number of allylic oxidation sites excluding steroid dienone is 4. The first kappa shape index (κ1) is 42.8. The lowest BCUT2D eigenvalue weighted by Crippen LogP contribution is -2.53. The fourth-order valence-electron chi connectivity index (χ4n) is 5.59. The molecule has 44 heavy (non-hydrogen) atoms. The number of aliphatic hydroxyl groups excluding tert-OH is 4. The van der Waals surface area contributed by atoms with Gasteiger partial charge in [-0.05, 0) is 51.4 Å². The van der Waals surface area contributed by atoms with Crippen LogP contribution in [-0.2, 0) is 4.79 Å². The van der Waals surface area contributed by atoms with E-state index < -0.39 is 36.9 Å². The molecule has 0 aliphatic heterocycles. The van der Waals surface area contributed by atoms with E-state index in [2.05, 4.69) is 43.5 Å². The van der Waals surface area contributed by atoms with Gasteiger partial charge in [0.15, 0.2) is 0 Å². The molecule has 0 saturated carbocycles. The third-order valence-corrected chi connectivity index (χ3v) is 8.64. The standard InChI is InChI=1S/C38H73NO5/c1-3-5-7-9-11-13-15-16-17-18-19-20-22-23-25-27-29-31-35(41)37(43)34(33-40)39-38(44)36(42)32-30-28-26-24-21-14-12-10-8-6-4-2/h18-19,23,25,34-37,40-43H,3-17,20-22,24,26-33H2,1-2H3,(H,39,44)/b19-18+,25-23+. The smallest absolute Gasteiger partial charge is 0.249 e. The quantitative estimate of drug-likeness (QED) is 0.0371. The van der Waals surface area contributed by atoms with E-state index in [0.717, 1.165) is 38.5 Å². The second kappa shape index (κ2) is 33.2. The van der Waals surface area contributed by atoms with Crippen molar-refractivity contribution in [2.75, 3.05) is 6.61 Å². The molecular weight excluding hydrogens is 550 g/mol. The van der Waals surface area contributed by atoms with Crippen LogP contribution in [0.4, 0.5) is 0 Å². The van der Waals surface area contributed by atoms with Crippen molar-refractivity contribution < 1.29 is 25.2 Å². The highest BCUT2D eigenvalue weighted by Gasteiger charge is 2.28. The Kier molecular flexibility index (Phi) is 32.2. The normalized spacial score (nSPS) is 14.8. The Labute approximate surface area is 272 Å². The van der Waals surface area contributed by atoms with Crippen molar-refractivity contribution in [1.29, 1.82) is 0 Å². The van der Waals surface area contributed by atoms with Crippen LogP contribution in [0.2, 0.25) is 0 Å². The van der Waals surface area contributed by atoms with E-state index in [1.807, 2.05) is 0 Å². The van der Waals surface area contributed by atoms with Gasteiger partial charge in [-0.25, -0.2) is 0 Å². The molecule has 1 amide bonds. The second-order valence-electron chi connectivity index (χ2n) is 12.9. The molecule has 0 bridgehead atoms. The summed E-state index contributed by atoms with van der Waals surface area (Å²) in [6.45, 7) is 4.00. The molecule has 260 valence electrons. The van der Waals surface area contributed by atoms with Crippen molar-refractivity contribution >= 4 is 5.91 Å². The highest BCUT2D eigenvalue weighted by molar-refractivity contribution is 5.80. The SMILES string of the molecule is CCCCCCCCCC/C=C/CC/C=C/CCCC(O)C(O)C(CO)NC(=O)C(O)CCCCCCCCCCCCC. The molecule has 0 spiro atoms. The summed E-state index contributed by atoms with van der Waals surface area (Å²) < 4.78 is 0. The van der Waals surface area contributed by atoms with E-state index >= 15 is 0 Å². The van der Waals surface area contributed by atoms with Crippen molar-refractivity contribution in [3.8, 4) is 0 Å². The van der Waals surface area contributed by atoms with Gasteiger partial charge in [0.2, 0.25) is 5.91 Å². The highest BCUT2D eigenvalue weighted by atomic mass is 16.3. The van der Waals surface area contributed by atoms with E-state index in [4.69, 9.17) is 0 Å². The Hall–Kier alpha value is -1.21. The summed E-state index contributed by atoms with van der Waals surface area (Å²) in [6, 6.07) is -1.00. The van der Waals surface area contributed by atoms with Gasteiger partial charge in [0.25, 0.3) is 0 Å². The molecule has 6 nitrogen and oxygen atoms in total. The van der Waals surface area contributed by atoms with Crippen LogP contribution < -0.4 is 5.32 Å². The van der Waals surface area contributed by atoms with Crippen LogP contribution in [0.3, 0.4) is 0 Å². The first-order chi connectivity index (χ1) is 21.5. The summed E-state index contributed by atoms with van der Waals surface area (Å²) in [4.78, 5) is 12.4. The molecule has 0 aliphatic carbocycles. The van der Waals surface area contributed by atoms with Crippen LogP contribution in [0.15, 0.2) is 24.3 Å². The third kappa shape index (κ3) is 27.1. The Morgan fingerprint density at radius 2 is 0.955 bits per heavy atom. The number of aliphatic hydroxyl groups is 4. The van der Waals surface area contributed by atoms with Gasteiger partial charge in [0, 0.05) is 0 Å². The first-order valence-electron chi connectivity index (χ1n) is 18.7.